The van der Waals surface area contributed by atoms with E-state index in [1.165, 1.54) is 31.5 Å². The van der Waals surface area contributed by atoms with Gasteiger partial charge in [-0.2, -0.15) is 5.26 Å². The molecule has 0 aliphatic rings. The molecule has 0 amide bonds. The lowest BCUT2D eigenvalue weighted by Crippen LogP contribution is -2.74. The molecule has 0 unspecified atom stereocenters. The predicted molar refractivity (Wildman–Crippen MR) is 251 cm³/mol. The Hall–Kier alpha value is -7.91. The molecule has 0 saturated carbocycles. The van der Waals surface area contributed by atoms with Crippen molar-refractivity contribution in [2.75, 3.05) is 0 Å². The van der Waals surface area contributed by atoms with Crippen LogP contribution in [0.4, 0.5) is 0 Å². The molecule has 5 heteroatoms. The van der Waals surface area contributed by atoms with Gasteiger partial charge in [-0.25, -0.2) is 0 Å². The highest BCUT2D eigenvalue weighted by molar-refractivity contribution is 7.19. The largest absolute Gasteiger partial charge is 0.456 e. The summed E-state index contributed by atoms with van der Waals surface area (Å²) < 4.78 is 11.1. The second-order valence-electron chi connectivity index (χ2n) is 15.6. The average molecular weight is 782 g/mol. The normalized spacial score (nSPS) is 12.0. The Kier molecular flexibility index (Phi) is 7.58. The molecule has 280 valence electrons. The smallest absolute Gasteiger partial charge is 0.179 e. The Morgan fingerprint density at radius 1 is 0.350 bits per heavy atom. The van der Waals surface area contributed by atoms with Gasteiger partial charge in [-0.3, -0.25) is 0 Å². The van der Waals surface area contributed by atoms with E-state index in [4.69, 9.17) is 4.42 Å². The van der Waals surface area contributed by atoms with E-state index in [1.807, 2.05) is 24.3 Å². The van der Waals surface area contributed by atoms with Crippen molar-refractivity contribution < 1.29 is 4.42 Å². The number of hydrogen-bond acceptors (Lipinski definition) is 2. The van der Waals surface area contributed by atoms with Gasteiger partial charge < -0.3 is 13.6 Å². The maximum atomic E-state index is 9.73. The summed E-state index contributed by atoms with van der Waals surface area (Å²) >= 11 is 0. The summed E-state index contributed by atoms with van der Waals surface area (Å²) in [5, 5.41) is 21.9. The number of nitriles is 1. The summed E-state index contributed by atoms with van der Waals surface area (Å²) in [6, 6.07) is 79.1. The quantitative estimate of drug-likeness (QED) is 0.125. The van der Waals surface area contributed by atoms with E-state index >= 15 is 0 Å². The van der Waals surface area contributed by atoms with E-state index in [1.54, 1.807) is 0 Å². The number of fused-ring (bicyclic) bond motifs is 9. The second kappa shape index (κ2) is 13.3. The maximum Gasteiger partial charge on any atom is 0.179 e. The van der Waals surface area contributed by atoms with Gasteiger partial charge in [0.05, 0.1) is 33.7 Å². The number of nitrogens with zero attached hydrogens (tertiary/aromatic N) is 3. The number of benzene rings is 9. The number of furan rings is 1. The van der Waals surface area contributed by atoms with Crippen LogP contribution in [0.3, 0.4) is 0 Å². The molecule has 0 aliphatic carbocycles. The zero-order valence-corrected chi connectivity index (χ0v) is 33.5. The van der Waals surface area contributed by atoms with Gasteiger partial charge in [0.25, 0.3) is 0 Å². The zero-order chi connectivity index (χ0) is 39.8. The lowest BCUT2D eigenvalue weighted by Gasteiger charge is -2.34. The number of rotatable bonds is 6. The molecule has 60 heavy (non-hydrogen) atoms. The number of aromatic nitrogens is 2. The summed E-state index contributed by atoms with van der Waals surface area (Å²) in [6.45, 7) is 0. The Morgan fingerprint density at radius 2 is 0.817 bits per heavy atom. The minimum absolute atomic E-state index is 0.662. The van der Waals surface area contributed by atoms with Gasteiger partial charge >= 0.3 is 0 Å². The molecule has 0 bridgehead atoms. The van der Waals surface area contributed by atoms with Crippen LogP contribution in [0.1, 0.15) is 5.56 Å². The van der Waals surface area contributed by atoms with Crippen molar-refractivity contribution in [3.63, 3.8) is 0 Å². The van der Waals surface area contributed by atoms with Gasteiger partial charge in [0.1, 0.15) is 11.2 Å². The van der Waals surface area contributed by atoms with Crippen LogP contribution < -0.4 is 20.7 Å². The highest BCUT2D eigenvalue weighted by Crippen LogP contribution is 2.38. The highest BCUT2D eigenvalue weighted by atomic mass is 28.3. The monoisotopic (exact) mass is 781 g/mol. The van der Waals surface area contributed by atoms with Crippen LogP contribution in [-0.2, 0) is 0 Å². The molecular formula is C55H35N3OSi. The third kappa shape index (κ3) is 4.95. The molecule has 0 radical (unpaired) electrons. The van der Waals surface area contributed by atoms with Gasteiger partial charge in [0.2, 0.25) is 0 Å². The van der Waals surface area contributed by atoms with Crippen molar-refractivity contribution in [2.45, 2.75) is 0 Å². The molecule has 4 nitrogen and oxygen atoms in total. The van der Waals surface area contributed by atoms with Gasteiger partial charge in [-0.15, -0.1) is 0 Å². The van der Waals surface area contributed by atoms with Crippen molar-refractivity contribution in [3.8, 4) is 17.4 Å². The second-order valence-corrected chi connectivity index (χ2v) is 19.4. The van der Waals surface area contributed by atoms with Crippen LogP contribution in [0.2, 0.25) is 0 Å². The number of hydrogen-bond donors (Lipinski definition) is 0. The molecule has 0 spiro atoms. The van der Waals surface area contributed by atoms with Gasteiger partial charge in [0.15, 0.2) is 8.07 Å². The fraction of sp³-hybridized carbons (Fsp3) is 0. The summed E-state index contributed by atoms with van der Waals surface area (Å²) in [5.74, 6) is 0. The Bertz CT molecular complexity index is 3610. The molecule has 9 aromatic carbocycles. The lowest BCUT2D eigenvalue weighted by atomic mass is 10.1. The SMILES string of the molecule is N#Cc1ccc2c(c1)c1ccccc1n2-c1ccc([Si](c2ccccc2)(c2ccccc2)c2ccc(-n3c4ccccc4c4cc5c(cc43)oc3ccccc35)cc2)cc1. The molecule has 12 rings (SSSR count). The van der Waals surface area contributed by atoms with Crippen LogP contribution in [-0.4, -0.2) is 17.2 Å². The Morgan fingerprint density at radius 3 is 1.40 bits per heavy atom. The minimum Gasteiger partial charge on any atom is -0.456 e. The number of para-hydroxylation sites is 3. The average Bonchev–Trinajstić information content (AvgIpc) is 3.96. The molecule has 3 heterocycles. The van der Waals surface area contributed by atoms with Crippen molar-refractivity contribution in [1.82, 2.24) is 9.13 Å². The van der Waals surface area contributed by atoms with E-state index < -0.39 is 8.07 Å². The van der Waals surface area contributed by atoms with Crippen LogP contribution in [0.25, 0.3) is 76.9 Å². The van der Waals surface area contributed by atoms with E-state index in [0.29, 0.717) is 5.56 Å². The summed E-state index contributed by atoms with van der Waals surface area (Å²) in [6.07, 6.45) is 0. The summed E-state index contributed by atoms with van der Waals surface area (Å²) in [7, 11) is -2.87. The first-order chi connectivity index (χ1) is 29.7. The minimum atomic E-state index is -2.87. The fourth-order valence-corrected chi connectivity index (χ4v) is 14.6. The van der Waals surface area contributed by atoms with Gasteiger partial charge in [-0.1, -0.05) is 140 Å². The molecule has 0 saturated heterocycles. The molecule has 0 aliphatic heterocycles. The molecule has 0 atom stereocenters. The third-order valence-corrected chi connectivity index (χ3v) is 17.3. The van der Waals surface area contributed by atoms with Gasteiger partial charge in [-0.05, 0) is 87.5 Å². The molecule has 3 aromatic heterocycles. The lowest BCUT2D eigenvalue weighted by molar-refractivity contribution is 0.669. The first kappa shape index (κ1) is 34.2. The molecular weight excluding hydrogens is 747 g/mol. The van der Waals surface area contributed by atoms with Crippen LogP contribution in [0, 0.1) is 11.3 Å². The van der Waals surface area contributed by atoms with Gasteiger partial charge in [0, 0.05) is 49.8 Å². The summed E-state index contributed by atoms with van der Waals surface area (Å²) in [5.41, 5.74) is 9.12. The van der Waals surface area contributed by atoms with Crippen LogP contribution >= 0.6 is 0 Å². The Balaban J connectivity index is 1.06. The first-order valence-electron chi connectivity index (χ1n) is 20.3. The highest BCUT2D eigenvalue weighted by Gasteiger charge is 2.41. The predicted octanol–water partition coefficient (Wildman–Crippen LogP) is 11.0. The fourth-order valence-electron chi connectivity index (χ4n) is 9.88. The molecule has 0 fully saturated rings. The zero-order valence-electron chi connectivity index (χ0n) is 32.5. The molecule has 0 N–H and O–H groups in total. The maximum absolute atomic E-state index is 9.73. The van der Waals surface area contributed by atoms with Crippen molar-refractivity contribution >= 4 is 94.4 Å². The van der Waals surface area contributed by atoms with Crippen LogP contribution in [0.15, 0.2) is 217 Å². The van der Waals surface area contributed by atoms with E-state index in [9.17, 15) is 5.26 Å². The Labute approximate surface area is 347 Å². The van der Waals surface area contributed by atoms with Crippen molar-refractivity contribution in [1.29, 1.82) is 5.26 Å². The van der Waals surface area contributed by atoms with E-state index in [2.05, 4.69) is 203 Å². The van der Waals surface area contributed by atoms with E-state index in [0.717, 1.165) is 66.2 Å². The third-order valence-electron chi connectivity index (χ3n) is 12.5. The topological polar surface area (TPSA) is 46.8 Å². The molecule has 12 aromatic rings. The standard InChI is InChI=1S/C55H35N3OSi/c56-36-37-23-32-52-47(33-37)44-17-7-10-20-50(44)57(52)38-24-28-42(29-25-38)60(40-13-3-1-4-14-40,41-15-5-2-6-16-41)43-30-26-39(27-31-43)58-51-21-11-8-18-45(51)48-34-49-46-19-9-12-22-54(46)59-55(49)35-53(48)58/h1-35H. The van der Waals surface area contributed by atoms with Crippen molar-refractivity contribution in [3.05, 3.63) is 218 Å². The van der Waals surface area contributed by atoms with Crippen LogP contribution in [0.5, 0.6) is 0 Å². The first-order valence-corrected chi connectivity index (χ1v) is 22.3. The summed E-state index contributed by atoms with van der Waals surface area (Å²) in [4.78, 5) is 0. The van der Waals surface area contributed by atoms with Crippen molar-refractivity contribution in [2.24, 2.45) is 0 Å². The van der Waals surface area contributed by atoms with E-state index in [-0.39, 0.29) is 0 Å².